The van der Waals surface area contributed by atoms with Crippen LogP contribution < -0.4 is 10.2 Å². The molecule has 1 aromatic heterocycles. The maximum absolute atomic E-state index is 12.0. The van der Waals surface area contributed by atoms with Crippen molar-refractivity contribution in [3.63, 3.8) is 0 Å². The van der Waals surface area contributed by atoms with Gasteiger partial charge in [-0.15, -0.1) is 0 Å². The number of amides is 1. The molecule has 1 heterocycles. The number of anilines is 2. The average Bonchev–Trinajstić information content (AvgIpc) is 2.54. The third kappa shape index (κ3) is 4.26. The van der Waals surface area contributed by atoms with E-state index in [1.807, 2.05) is 61.3 Å². The Morgan fingerprint density at radius 3 is 2.32 bits per heavy atom. The first-order chi connectivity index (χ1) is 10.6. The molecule has 0 aliphatic rings. The minimum absolute atomic E-state index is 0.157. The van der Waals surface area contributed by atoms with Gasteiger partial charge in [0.05, 0.1) is 5.56 Å². The maximum Gasteiger partial charge on any atom is 0.254 e. The second kappa shape index (κ2) is 7.51. The van der Waals surface area contributed by atoms with Gasteiger partial charge < -0.3 is 15.1 Å². The van der Waals surface area contributed by atoms with E-state index >= 15 is 0 Å². The van der Waals surface area contributed by atoms with E-state index in [4.69, 9.17) is 0 Å². The van der Waals surface area contributed by atoms with Crippen LogP contribution in [-0.4, -0.2) is 55.0 Å². The molecule has 22 heavy (non-hydrogen) atoms. The summed E-state index contributed by atoms with van der Waals surface area (Å²) in [6.45, 7) is 1.39. The lowest BCUT2D eigenvalue weighted by atomic mass is 10.3. The van der Waals surface area contributed by atoms with E-state index in [1.165, 1.54) is 0 Å². The van der Waals surface area contributed by atoms with Crippen molar-refractivity contribution in [1.82, 2.24) is 20.2 Å². The van der Waals surface area contributed by atoms with Crippen molar-refractivity contribution in [3.8, 4) is 0 Å². The van der Waals surface area contributed by atoms with Crippen LogP contribution in [-0.2, 0) is 0 Å². The molecule has 1 aromatic carbocycles. The normalized spacial score (nSPS) is 10.5. The fraction of sp³-hybridized carbons (Fsp3) is 0.312. The first kappa shape index (κ1) is 15.9. The number of carbonyl (C=O) groups is 1. The quantitative estimate of drug-likeness (QED) is 0.876. The Labute approximate surface area is 130 Å². The lowest BCUT2D eigenvalue weighted by Crippen LogP contribution is -2.31. The molecular formula is C16H21N5O. The number of rotatable bonds is 6. The highest BCUT2D eigenvalue weighted by Gasteiger charge is 2.10. The highest BCUT2D eigenvalue weighted by atomic mass is 16.1. The van der Waals surface area contributed by atoms with Crippen LogP contribution in [0.3, 0.4) is 0 Å². The Morgan fingerprint density at radius 1 is 1.09 bits per heavy atom. The molecule has 0 radical (unpaired) electrons. The number of benzene rings is 1. The maximum atomic E-state index is 12.0. The van der Waals surface area contributed by atoms with E-state index in [0.717, 1.165) is 12.2 Å². The first-order valence-corrected chi connectivity index (χ1v) is 7.11. The van der Waals surface area contributed by atoms with Crippen molar-refractivity contribution in [2.75, 3.05) is 39.1 Å². The minimum atomic E-state index is -0.157. The van der Waals surface area contributed by atoms with Crippen LogP contribution in [0.15, 0.2) is 42.7 Å². The third-order valence-corrected chi connectivity index (χ3v) is 3.19. The standard InChI is InChI=1S/C16H21N5O/c1-20(2)10-9-17-15(22)13-11-18-16(19-12-13)21(3)14-7-5-4-6-8-14/h4-8,11-12H,9-10H2,1-3H3,(H,17,22). The summed E-state index contributed by atoms with van der Waals surface area (Å²) in [5, 5.41) is 2.84. The van der Waals surface area contributed by atoms with E-state index in [-0.39, 0.29) is 5.91 Å². The summed E-state index contributed by atoms with van der Waals surface area (Å²) >= 11 is 0. The van der Waals surface area contributed by atoms with Crippen LogP contribution >= 0.6 is 0 Å². The smallest absolute Gasteiger partial charge is 0.254 e. The molecule has 1 amide bonds. The first-order valence-electron chi connectivity index (χ1n) is 7.11. The van der Waals surface area contributed by atoms with Crippen LogP contribution in [0.25, 0.3) is 0 Å². The monoisotopic (exact) mass is 299 g/mol. The molecule has 0 aliphatic heterocycles. The third-order valence-electron chi connectivity index (χ3n) is 3.19. The SMILES string of the molecule is CN(C)CCNC(=O)c1cnc(N(C)c2ccccc2)nc1. The highest BCUT2D eigenvalue weighted by Crippen LogP contribution is 2.18. The van der Waals surface area contributed by atoms with Gasteiger partial charge >= 0.3 is 0 Å². The Hall–Kier alpha value is -2.47. The predicted molar refractivity (Wildman–Crippen MR) is 87.4 cm³/mol. The summed E-state index contributed by atoms with van der Waals surface area (Å²) < 4.78 is 0. The number of nitrogens with one attached hydrogen (secondary N) is 1. The molecule has 0 saturated carbocycles. The molecular weight excluding hydrogens is 278 g/mol. The molecule has 0 unspecified atom stereocenters. The molecule has 0 spiro atoms. The Balaban J connectivity index is 1.99. The van der Waals surface area contributed by atoms with Crippen molar-refractivity contribution >= 4 is 17.5 Å². The zero-order valence-corrected chi connectivity index (χ0v) is 13.2. The number of aromatic nitrogens is 2. The molecule has 116 valence electrons. The Morgan fingerprint density at radius 2 is 1.73 bits per heavy atom. The van der Waals surface area contributed by atoms with Gasteiger partial charge in [0.1, 0.15) is 0 Å². The summed E-state index contributed by atoms with van der Waals surface area (Å²) in [4.78, 5) is 24.4. The summed E-state index contributed by atoms with van der Waals surface area (Å²) in [6.07, 6.45) is 3.10. The molecule has 0 atom stereocenters. The van der Waals surface area contributed by atoms with Gasteiger partial charge in [-0.25, -0.2) is 9.97 Å². The van der Waals surface area contributed by atoms with Gasteiger partial charge in [-0.3, -0.25) is 4.79 Å². The lowest BCUT2D eigenvalue weighted by Gasteiger charge is -2.17. The lowest BCUT2D eigenvalue weighted by molar-refractivity contribution is 0.0950. The number of para-hydroxylation sites is 1. The highest BCUT2D eigenvalue weighted by molar-refractivity contribution is 5.93. The predicted octanol–water partition coefficient (Wildman–Crippen LogP) is 1.54. The molecule has 0 saturated heterocycles. The Bertz CT molecular complexity index is 598. The van der Waals surface area contributed by atoms with Crippen LogP contribution in [0.4, 0.5) is 11.6 Å². The van der Waals surface area contributed by atoms with Crippen LogP contribution in [0, 0.1) is 0 Å². The van der Waals surface area contributed by atoms with E-state index in [1.54, 1.807) is 12.4 Å². The van der Waals surface area contributed by atoms with Crippen molar-refractivity contribution in [3.05, 3.63) is 48.3 Å². The van der Waals surface area contributed by atoms with Gasteiger partial charge in [0.15, 0.2) is 0 Å². The fourth-order valence-corrected chi connectivity index (χ4v) is 1.87. The zero-order chi connectivity index (χ0) is 15.9. The van der Waals surface area contributed by atoms with Crippen molar-refractivity contribution in [2.45, 2.75) is 0 Å². The van der Waals surface area contributed by atoms with Gasteiger partial charge in [0, 0.05) is 38.2 Å². The Kier molecular flexibility index (Phi) is 5.43. The largest absolute Gasteiger partial charge is 0.351 e. The second-order valence-electron chi connectivity index (χ2n) is 5.23. The second-order valence-corrected chi connectivity index (χ2v) is 5.23. The molecule has 1 N–H and O–H groups in total. The van der Waals surface area contributed by atoms with Gasteiger partial charge in [-0.2, -0.15) is 0 Å². The van der Waals surface area contributed by atoms with Crippen molar-refractivity contribution < 1.29 is 4.79 Å². The van der Waals surface area contributed by atoms with E-state index in [9.17, 15) is 4.79 Å². The molecule has 2 rings (SSSR count). The summed E-state index contributed by atoms with van der Waals surface area (Å²) in [5.74, 6) is 0.395. The number of carbonyl (C=O) groups excluding carboxylic acids is 1. The van der Waals surface area contributed by atoms with E-state index < -0.39 is 0 Å². The van der Waals surface area contributed by atoms with E-state index in [0.29, 0.717) is 18.1 Å². The summed E-state index contributed by atoms with van der Waals surface area (Å²) in [5.41, 5.74) is 1.45. The van der Waals surface area contributed by atoms with Gasteiger partial charge in [-0.05, 0) is 26.2 Å². The summed E-state index contributed by atoms with van der Waals surface area (Å²) in [7, 11) is 5.81. The van der Waals surface area contributed by atoms with Gasteiger partial charge in [-0.1, -0.05) is 18.2 Å². The van der Waals surface area contributed by atoms with Crippen LogP contribution in [0.2, 0.25) is 0 Å². The summed E-state index contributed by atoms with van der Waals surface area (Å²) in [6, 6.07) is 9.83. The van der Waals surface area contributed by atoms with Gasteiger partial charge in [0.25, 0.3) is 5.91 Å². The fourth-order valence-electron chi connectivity index (χ4n) is 1.87. The minimum Gasteiger partial charge on any atom is -0.351 e. The van der Waals surface area contributed by atoms with Gasteiger partial charge in [0.2, 0.25) is 5.95 Å². The molecule has 2 aromatic rings. The zero-order valence-electron chi connectivity index (χ0n) is 13.2. The molecule has 0 fully saturated rings. The number of hydrogen-bond acceptors (Lipinski definition) is 5. The average molecular weight is 299 g/mol. The molecule has 6 nitrogen and oxygen atoms in total. The van der Waals surface area contributed by atoms with Crippen LogP contribution in [0.1, 0.15) is 10.4 Å². The topological polar surface area (TPSA) is 61.4 Å². The van der Waals surface area contributed by atoms with Crippen LogP contribution in [0.5, 0.6) is 0 Å². The van der Waals surface area contributed by atoms with Crippen molar-refractivity contribution in [2.24, 2.45) is 0 Å². The van der Waals surface area contributed by atoms with Crippen molar-refractivity contribution in [1.29, 1.82) is 0 Å². The molecule has 6 heteroatoms. The molecule has 0 bridgehead atoms. The number of likely N-dealkylation sites (N-methyl/N-ethyl adjacent to an activating group) is 1. The number of hydrogen-bond donors (Lipinski definition) is 1. The van der Waals surface area contributed by atoms with E-state index in [2.05, 4.69) is 15.3 Å². The molecule has 0 aliphatic carbocycles. The number of nitrogens with zero attached hydrogens (tertiary/aromatic N) is 4.